The topological polar surface area (TPSA) is 101 Å². The van der Waals surface area contributed by atoms with Gasteiger partial charge in [0, 0.05) is 0 Å². The Balaban J connectivity index is 2.26. The third-order valence-electron chi connectivity index (χ3n) is 2.67. The van der Waals surface area contributed by atoms with Crippen LogP contribution < -0.4 is 0 Å². The Bertz CT molecular complexity index is 381. The molecule has 0 unspecified atom stereocenters. The summed E-state index contributed by atoms with van der Waals surface area (Å²) in [4.78, 5) is 4.08. The van der Waals surface area contributed by atoms with Crippen LogP contribution >= 0.6 is 0 Å². The Morgan fingerprint density at radius 1 is 1.31 bits per heavy atom. The van der Waals surface area contributed by atoms with Gasteiger partial charge in [0.1, 0.15) is 30.0 Å². The molecule has 0 spiro atoms. The summed E-state index contributed by atoms with van der Waals surface area (Å²) in [6.07, 6.45) is -3.81. The molecular weight excluding hydrogens is 214 g/mol. The third-order valence-corrected chi connectivity index (χ3v) is 2.67. The van der Waals surface area contributed by atoms with Crippen molar-refractivity contribution in [2.75, 3.05) is 6.61 Å². The number of aliphatic hydroxyl groups excluding tert-OH is 3. The van der Waals surface area contributed by atoms with Crippen LogP contribution in [0.25, 0.3) is 0 Å². The lowest BCUT2D eigenvalue weighted by Crippen LogP contribution is -2.33. The van der Waals surface area contributed by atoms with Gasteiger partial charge in [0.2, 0.25) is 0 Å². The largest absolute Gasteiger partial charge is 0.394 e. The molecule has 0 aromatic carbocycles. The Morgan fingerprint density at radius 3 is 2.44 bits per heavy atom. The molecule has 90 valence electrons. The molecule has 2 heterocycles. The number of ether oxygens (including phenoxy) is 1. The Kier molecular flexibility index (Phi) is 2.94. The minimum Gasteiger partial charge on any atom is -0.394 e. The molecule has 4 atom stereocenters. The van der Waals surface area contributed by atoms with Crippen molar-refractivity contribution in [1.82, 2.24) is 14.8 Å². The van der Waals surface area contributed by atoms with Gasteiger partial charge in [-0.2, -0.15) is 5.10 Å². The van der Waals surface area contributed by atoms with E-state index in [4.69, 9.17) is 9.84 Å². The number of hydrogen-bond acceptors (Lipinski definition) is 6. The van der Waals surface area contributed by atoms with E-state index >= 15 is 0 Å². The second kappa shape index (κ2) is 4.10. The highest BCUT2D eigenvalue weighted by Gasteiger charge is 2.44. The highest BCUT2D eigenvalue weighted by molar-refractivity contribution is 4.95. The molecule has 3 N–H and O–H groups in total. The summed E-state index contributed by atoms with van der Waals surface area (Å²) in [5.41, 5.74) is 0. The van der Waals surface area contributed by atoms with Crippen molar-refractivity contribution in [1.29, 1.82) is 0 Å². The van der Waals surface area contributed by atoms with Crippen LogP contribution in [0.5, 0.6) is 0 Å². The highest BCUT2D eigenvalue weighted by atomic mass is 16.6. The van der Waals surface area contributed by atoms with Crippen molar-refractivity contribution in [3.05, 3.63) is 11.6 Å². The van der Waals surface area contributed by atoms with Crippen LogP contribution in [0.4, 0.5) is 0 Å². The first-order valence-electron chi connectivity index (χ1n) is 5.06. The molecule has 0 saturated carbocycles. The van der Waals surface area contributed by atoms with E-state index < -0.39 is 24.5 Å². The van der Waals surface area contributed by atoms with E-state index in [0.717, 1.165) is 0 Å². The SMILES string of the molecule is Cc1nc(C)n([C@@H]2O[C@H](CO)[C@@H](O)[C@H]2O)n1. The van der Waals surface area contributed by atoms with Crippen LogP contribution in [0, 0.1) is 13.8 Å². The van der Waals surface area contributed by atoms with E-state index in [-0.39, 0.29) is 6.61 Å². The summed E-state index contributed by atoms with van der Waals surface area (Å²) in [6.45, 7) is 3.11. The molecule has 0 bridgehead atoms. The van der Waals surface area contributed by atoms with Gasteiger partial charge in [-0.1, -0.05) is 0 Å². The van der Waals surface area contributed by atoms with Gasteiger partial charge < -0.3 is 20.1 Å². The maximum Gasteiger partial charge on any atom is 0.181 e. The van der Waals surface area contributed by atoms with Crippen molar-refractivity contribution in [3.63, 3.8) is 0 Å². The Labute approximate surface area is 92.3 Å². The number of rotatable bonds is 2. The van der Waals surface area contributed by atoms with Crippen molar-refractivity contribution in [2.45, 2.75) is 38.4 Å². The lowest BCUT2D eigenvalue weighted by atomic mass is 10.1. The molecule has 16 heavy (non-hydrogen) atoms. The van der Waals surface area contributed by atoms with Crippen molar-refractivity contribution >= 4 is 0 Å². The Hall–Kier alpha value is -1.02. The smallest absolute Gasteiger partial charge is 0.181 e. The molecule has 1 aliphatic rings. The number of aryl methyl sites for hydroxylation is 2. The normalized spacial score (nSPS) is 34.6. The minimum atomic E-state index is -1.11. The number of hydrogen-bond donors (Lipinski definition) is 3. The number of nitrogens with zero attached hydrogens (tertiary/aromatic N) is 3. The first kappa shape index (κ1) is 11.5. The quantitative estimate of drug-likeness (QED) is 0.571. The molecule has 1 aliphatic heterocycles. The van der Waals surface area contributed by atoms with Gasteiger partial charge in [0.05, 0.1) is 6.61 Å². The van der Waals surface area contributed by atoms with Crippen LogP contribution in [-0.2, 0) is 4.74 Å². The van der Waals surface area contributed by atoms with Crippen LogP contribution in [0.15, 0.2) is 0 Å². The fourth-order valence-corrected chi connectivity index (χ4v) is 1.86. The summed E-state index contributed by atoms with van der Waals surface area (Å²) >= 11 is 0. The van der Waals surface area contributed by atoms with Gasteiger partial charge in [0.25, 0.3) is 0 Å². The van der Waals surface area contributed by atoms with Crippen molar-refractivity contribution < 1.29 is 20.1 Å². The van der Waals surface area contributed by atoms with Crippen LogP contribution in [0.1, 0.15) is 17.9 Å². The molecule has 7 heteroatoms. The van der Waals surface area contributed by atoms with Crippen LogP contribution in [0.2, 0.25) is 0 Å². The summed E-state index contributed by atoms with van der Waals surface area (Å²) in [6, 6.07) is 0. The van der Waals surface area contributed by atoms with Crippen molar-refractivity contribution in [2.24, 2.45) is 0 Å². The van der Waals surface area contributed by atoms with Gasteiger partial charge in [-0.25, -0.2) is 9.67 Å². The van der Waals surface area contributed by atoms with E-state index in [9.17, 15) is 10.2 Å². The van der Waals surface area contributed by atoms with Crippen molar-refractivity contribution in [3.8, 4) is 0 Å². The fraction of sp³-hybridized carbons (Fsp3) is 0.778. The van der Waals surface area contributed by atoms with E-state index in [1.165, 1.54) is 4.68 Å². The summed E-state index contributed by atoms with van der Waals surface area (Å²) in [7, 11) is 0. The number of aromatic nitrogens is 3. The van der Waals surface area contributed by atoms with Crippen LogP contribution in [-0.4, -0.2) is 55.0 Å². The molecular formula is C9H15N3O4. The van der Waals surface area contributed by atoms with E-state index in [1.54, 1.807) is 13.8 Å². The molecule has 2 rings (SSSR count). The first-order valence-corrected chi connectivity index (χ1v) is 5.06. The van der Waals surface area contributed by atoms with E-state index in [1.807, 2.05) is 0 Å². The highest BCUT2D eigenvalue weighted by Crippen LogP contribution is 2.29. The van der Waals surface area contributed by atoms with Gasteiger partial charge in [-0.05, 0) is 13.8 Å². The molecule has 1 fully saturated rings. The maximum atomic E-state index is 9.77. The van der Waals surface area contributed by atoms with Gasteiger partial charge in [0.15, 0.2) is 6.23 Å². The molecule has 1 aromatic heterocycles. The summed E-state index contributed by atoms with van der Waals surface area (Å²) in [5.74, 6) is 1.16. The second-order valence-corrected chi connectivity index (χ2v) is 3.88. The fourth-order valence-electron chi connectivity index (χ4n) is 1.86. The van der Waals surface area contributed by atoms with Crippen LogP contribution in [0.3, 0.4) is 0 Å². The first-order chi connectivity index (χ1) is 7.54. The van der Waals surface area contributed by atoms with E-state index in [2.05, 4.69) is 10.1 Å². The predicted octanol–water partition coefficient (Wildman–Crippen LogP) is -1.49. The zero-order chi connectivity index (χ0) is 11.9. The molecule has 1 aromatic rings. The molecule has 7 nitrogen and oxygen atoms in total. The molecule has 1 saturated heterocycles. The predicted molar refractivity (Wildman–Crippen MR) is 52.5 cm³/mol. The monoisotopic (exact) mass is 229 g/mol. The molecule has 0 radical (unpaired) electrons. The zero-order valence-electron chi connectivity index (χ0n) is 9.11. The second-order valence-electron chi connectivity index (χ2n) is 3.88. The summed E-state index contributed by atoms with van der Waals surface area (Å²) < 4.78 is 6.74. The minimum absolute atomic E-state index is 0.346. The average Bonchev–Trinajstić information content (AvgIpc) is 2.70. The molecule has 0 aliphatic carbocycles. The zero-order valence-corrected chi connectivity index (χ0v) is 9.11. The number of aliphatic hydroxyl groups is 3. The van der Waals surface area contributed by atoms with Gasteiger partial charge in [-0.15, -0.1) is 0 Å². The van der Waals surface area contributed by atoms with Gasteiger partial charge in [-0.3, -0.25) is 0 Å². The standard InChI is InChI=1S/C9H15N3O4/c1-4-10-5(2)12(11-4)9-8(15)7(14)6(3-13)16-9/h6-9,13-15H,3H2,1-2H3/t6-,7-,8-,9-/m1/s1. The maximum absolute atomic E-state index is 9.77. The lowest BCUT2D eigenvalue weighted by Gasteiger charge is -2.15. The summed E-state index contributed by atoms with van der Waals surface area (Å²) in [5, 5.41) is 32.4. The molecule has 0 amide bonds. The Morgan fingerprint density at radius 2 is 2.00 bits per heavy atom. The van der Waals surface area contributed by atoms with Gasteiger partial charge >= 0.3 is 0 Å². The third kappa shape index (κ3) is 1.71. The lowest BCUT2D eigenvalue weighted by molar-refractivity contribution is -0.0598. The average molecular weight is 229 g/mol. The van der Waals surface area contributed by atoms with E-state index in [0.29, 0.717) is 11.6 Å².